The lowest BCUT2D eigenvalue weighted by Crippen LogP contribution is -2.08. The molecule has 0 unspecified atom stereocenters. The van der Waals surface area contributed by atoms with Crippen LogP contribution in [0.25, 0.3) is 0 Å². The van der Waals surface area contributed by atoms with Crippen LogP contribution in [0.1, 0.15) is 33.1 Å². The summed E-state index contributed by atoms with van der Waals surface area (Å²) >= 11 is 0. The van der Waals surface area contributed by atoms with Gasteiger partial charge in [0.25, 0.3) is 0 Å². The summed E-state index contributed by atoms with van der Waals surface area (Å²) in [5, 5.41) is 8.61. The molecular formula is C14H19NO2. The van der Waals surface area contributed by atoms with Crippen LogP contribution in [0.4, 0.5) is 5.69 Å². The Labute approximate surface area is 102 Å². The van der Waals surface area contributed by atoms with Crippen LogP contribution < -0.4 is 0 Å². The zero-order valence-electron chi connectivity index (χ0n) is 10.4. The van der Waals surface area contributed by atoms with E-state index in [9.17, 15) is 4.79 Å². The van der Waals surface area contributed by atoms with Gasteiger partial charge in [0.1, 0.15) is 0 Å². The highest BCUT2D eigenvalue weighted by Crippen LogP contribution is 2.15. The van der Waals surface area contributed by atoms with E-state index in [1.165, 1.54) is 0 Å². The van der Waals surface area contributed by atoms with Gasteiger partial charge < -0.3 is 5.11 Å². The first-order chi connectivity index (χ1) is 8.09. The molecule has 0 heterocycles. The summed E-state index contributed by atoms with van der Waals surface area (Å²) in [6.45, 7) is 4.17. The second-order valence-corrected chi connectivity index (χ2v) is 4.34. The van der Waals surface area contributed by atoms with Gasteiger partial charge >= 0.3 is 5.97 Å². The maximum atomic E-state index is 10.5. The molecule has 0 spiro atoms. The number of aliphatic carboxylic acids is 1. The monoisotopic (exact) mass is 233 g/mol. The van der Waals surface area contributed by atoms with E-state index in [-0.39, 0.29) is 6.42 Å². The molecule has 1 aromatic carbocycles. The molecule has 92 valence electrons. The summed E-state index contributed by atoms with van der Waals surface area (Å²) < 4.78 is 0. The number of benzene rings is 1. The number of carboxylic acids is 1. The van der Waals surface area contributed by atoms with E-state index in [1.54, 1.807) is 0 Å². The molecule has 0 aliphatic rings. The fraction of sp³-hybridized carbons (Fsp3) is 0.429. The molecule has 1 N–H and O–H groups in total. The Balaban J connectivity index is 2.66. The molecule has 0 saturated carbocycles. The maximum Gasteiger partial charge on any atom is 0.303 e. The van der Waals surface area contributed by atoms with Crippen LogP contribution in [0.2, 0.25) is 0 Å². The predicted molar refractivity (Wildman–Crippen MR) is 69.9 cm³/mol. The van der Waals surface area contributed by atoms with E-state index in [1.807, 2.05) is 30.3 Å². The minimum Gasteiger partial charge on any atom is -0.481 e. The first-order valence-corrected chi connectivity index (χ1v) is 5.94. The molecule has 3 heteroatoms. The minimum absolute atomic E-state index is 0.209. The van der Waals surface area contributed by atoms with Crippen molar-refractivity contribution in [1.29, 1.82) is 0 Å². The highest BCUT2D eigenvalue weighted by Gasteiger charge is 2.07. The number of nitrogens with zero attached hydrogens (tertiary/aromatic N) is 1. The van der Waals surface area contributed by atoms with Crippen molar-refractivity contribution in [3.8, 4) is 0 Å². The van der Waals surface area contributed by atoms with Gasteiger partial charge in [0.2, 0.25) is 0 Å². The van der Waals surface area contributed by atoms with E-state index < -0.39 is 5.97 Å². The van der Waals surface area contributed by atoms with E-state index >= 15 is 0 Å². The third-order valence-electron chi connectivity index (χ3n) is 2.52. The maximum absolute atomic E-state index is 10.5. The lowest BCUT2D eigenvalue weighted by Gasteiger charge is -2.09. The molecule has 0 aliphatic carbocycles. The lowest BCUT2D eigenvalue weighted by molar-refractivity contribution is -0.137. The Morgan fingerprint density at radius 1 is 1.24 bits per heavy atom. The minimum atomic E-state index is -0.743. The van der Waals surface area contributed by atoms with Crippen LogP contribution in [0.5, 0.6) is 0 Å². The number of carbonyl (C=O) groups is 1. The van der Waals surface area contributed by atoms with Crippen molar-refractivity contribution < 1.29 is 9.90 Å². The van der Waals surface area contributed by atoms with Crippen molar-refractivity contribution in [2.45, 2.75) is 33.1 Å². The number of aliphatic imine (C=N–C) groups is 1. The van der Waals surface area contributed by atoms with Crippen molar-refractivity contribution in [2.75, 3.05) is 0 Å². The second-order valence-electron chi connectivity index (χ2n) is 4.34. The fourth-order valence-electron chi connectivity index (χ4n) is 1.56. The Hall–Kier alpha value is -1.64. The van der Waals surface area contributed by atoms with Crippen molar-refractivity contribution in [2.24, 2.45) is 10.9 Å². The summed E-state index contributed by atoms with van der Waals surface area (Å²) in [6, 6.07) is 9.78. The number of hydrogen-bond donors (Lipinski definition) is 1. The quantitative estimate of drug-likeness (QED) is 0.762. The summed E-state index contributed by atoms with van der Waals surface area (Å²) in [4.78, 5) is 15.0. The fourth-order valence-corrected chi connectivity index (χ4v) is 1.56. The van der Waals surface area contributed by atoms with Crippen LogP contribution in [0, 0.1) is 5.92 Å². The van der Waals surface area contributed by atoms with Crippen molar-refractivity contribution in [3.05, 3.63) is 30.3 Å². The van der Waals surface area contributed by atoms with E-state index in [0.717, 1.165) is 17.8 Å². The average molecular weight is 233 g/mol. The average Bonchev–Trinajstić information content (AvgIpc) is 2.28. The summed E-state index contributed by atoms with van der Waals surface area (Å²) in [7, 11) is 0. The van der Waals surface area contributed by atoms with E-state index in [2.05, 4.69) is 18.8 Å². The number of para-hydroxylation sites is 1. The summed E-state index contributed by atoms with van der Waals surface area (Å²) in [5.41, 5.74) is 2.00. The highest BCUT2D eigenvalue weighted by atomic mass is 16.4. The predicted octanol–water partition coefficient (Wildman–Crippen LogP) is 3.67. The van der Waals surface area contributed by atoms with Crippen molar-refractivity contribution >= 4 is 17.4 Å². The van der Waals surface area contributed by atoms with Crippen molar-refractivity contribution in [1.82, 2.24) is 0 Å². The molecule has 3 nitrogen and oxygen atoms in total. The van der Waals surface area contributed by atoms with Gasteiger partial charge in [0.05, 0.1) is 5.69 Å². The van der Waals surface area contributed by atoms with Gasteiger partial charge in [0.15, 0.2) is 0 Å². The van der Waals surface area contributed by atoms with Crippen LogP contribution in [-0.2, 0) is 4.79 Å². The topological polar surface area (TPSA) is 49.7 Å². The Morgan fingerprint density at radius 2 is 1.88 bits per heavy atom. The molecule has 0 amide bonds. The standard InChI is InChI=1S/C14H19NO2/c1-11(2)13(9-6-10-14(16)17)15-12-7-4-3-5-8-12/h3-5,7-8,11H,6,9-10H2,1-2H3,(H,16,17). The largest absolute Gasteiger partial charge is 0.481 e. The van der Waals surface area contributed by atoms with E-state index in [4.69, 9.17) is 5.11 Å². The van der Waals surface area contributed by atoms with Gasteiger partial charge in [-0.3, -0.25) is 9.79 Å². The Bertz CT molecular complexity index is 382. The molecule has 0 saturated heterocycles. The first kappa shape index (κ1) is 13.4. The smallest absolute Gasteiger partial charge is 0.303 e. The highest BCUT2D eigenvalue weighted by molar-refractivity contribution is 5.88. The molecule has 0 aromatic heterocycles. The zero-order valence-corrected chi connectivity index (χ0v) is 10.4. The molecule has 17 heavy (non-hydrogen) atoms. The van der Waals surface area contributed by atoms with Crippen LogP contribution in [0.3, 0.4) is 0 Å². The number of carboxylic acid groups (broad SMARTS) is 1. The molecule has 0 radical (unpaired) electrons. The zero-order chi connectivity index (χ0) is 12.7. The van der Waals surface area contributed by atoms with Gasteiger partial charge in [-0.1, -0.05) is 32.0 Å². The normalized spacial score (nSPS) is 11.8. The SMILES string of the molecule is CC(C)C(CCCC(=O)O)=Nc1ccccc1. The summed E-state index contributed by atoms with van der Waals surface area (Å²) in [5.74, 6) is -0.392. The molecule has 0 atom stereocenters. The van der Waals surface area contributed by atoms with Crippen LogP contribution >= 0.6 is 0 Å². The van der Waals surface area contributed by atoms with Crippen LogP contribution in [0.15, 0.2) is 35.3 Å². The Kier molecular flexibility index (Phi) is 5.40. The third kappa shape index (κ3) is 5.29. The molecule has 1 rings (SSSR count). The number of hydrogen-bond acceptors (Lipinski definition) is 2. The van der Waals surface area contributed by atoms with Gasteiger partial charge in [-0.25, -0.2) is 0 Å². The molecule has 0 bridgehead atoms. The van der Waals surface area contributed by atoms with Gasteiger partial charge in [-0.05, 0) is 30.9 Å². The Morgan fingerprint density at radius 3 is 2.41 bits per heavy atom. The van der Waals surface area contributed by atoms with Gasteiger partial charge in [-0.15, -0.1) is 0 Å². The number of rotatable bonds is 6. The molecule has 0 aliphatic heterocycles. The molecule has 0 fully saturated rings. The molecule has 1 aromatic rings. The summed E-state index contributed by atoms with van der Waals surface area (Å²) in [6.07, 6.45) is 1.61. The van der Waals surface area contributed by atoms with Gasteiger partial charge in [0, 0.05) is 12.1 Å². The lowest BCUT2D eigenvalue weighted by atomic mass is 10.0. The van der Waals surface area contributed by atoms with E-state index in [0.29, 0.717) is 12.3 Å². The second kappa shape index (κ2) is 6.84. The molecular weight excluding hydrogens is 214 g/mol. The van der Waals surface area contributed by atoms with Crippen molar-refractivity contribution in [3.63, 3.8) is 0 Å². The van der Waals surface area contributed by atoms with Gasteiger partial charge in [-0.2, -0.15) is 0 Å². The third-order valence-corrected chi connectivity index (χ3v) is 2.52. The van der Waals surface area contributed by atoms with Crippen LogP contribution in [-0.4, -0.2) is 16.8 Å². The first-order valence-electron chi connectivity index (χ1n) is 5.94.